The van der Waals surface area contributed by atoms with Crippen LogP contribution in [0.4, 0.5) is 0 Å². The van der Waals surface area contributed by atoms with Gasteiger partial charge in [0.25, 0.3) is 0 Å². The summed E-state index contributed by atoms with van der Waals surface area (Å²) in [6.45, 7) is 2.19. The van der Waals surface area contributed by atoms with E-state index in [-0.39, 0.29) is 19.8 Å². The van der Waals surface area contributed by atoms with Crippen molar-refractivity contribution in [1.29, 1.82) is 0 Å². The molecule has 1 amide bonds. The van der Waals surface area contributed by atoms with E-state index in [9.17, 15) is 23.1 Å². The molecule has 0 aromatic heterocycles. The number of rotatable bonds is 14. The molecule has 9 heteroatoms. The summed E-state index contributed by atoms with van der Waals surface area (Å²) in [6.07, 6.45) is 4.89. The van der Waals surface area contributed by atoms with Crippen molar-refractivity contribution in [2.75, 3.05) is 25.5 Å². The molecule has 2 N–H and O–H groups in total. The lowest BCUT2D eigenvalue weighted by Gasteiger charge is -2.24. The topological polar surface area (TPSA) is 121 Å². The highest BCUT2D eigenvalue weighted by molar-refractivity contribution is 7.93. The molecule has 8 nitrogen and oxygen atoms in total. The minimum atomic E-state index is -3.50. The lowest BCUT2D eigenvalue weighted by Crippen LogP contribution is -2.37. The third-order valence-electron chi connectivity index (χ3n) is 4.47. The Balaban J connectivity index is 2.43. The van der Waals surface area contributed by atoms with Gasteiger partial charge < -0.3 is 19.8 Å². The lowest BCUT2D eigenvalue weighted by molar-refractivity contribution is -0.142. The number of sulfone groups is 1. The minimum Gasteiger partial charge on any atom is -0.480 e. The molecule has 0 radical (unpaired) electrons. The standard InChI is InChI=1S/C17H31NO7S/c1-2-3-4-7-14(19)9-10-18-15(20)13-26(23,24)16(18)8-5-6-11-25-12-17(21)22/h14,16,19H,2-13H2,1H3,(H,21,22). The van der Waals surface area contributed by atoms with Crippen LogP contribution in [0.2, 0.25) is 0 Å². The molecule has 0 aromatic rings. The second kappa shape index (κ2) is 11.5. The Hall–Kier alpha value is -1.19. The van der Waals surface area contributed by atoms with Crippen LogP contribution in [0.5, 0.6) is 0 Å². The molecule has 1 fully saturated rings. The number of aliphatic hydroxyl groups excluding tert-OH is 1. The van der Waals surface area contributed by atoms with Crippen molar-refractivity contribution in [2.24, 2.45) is 0 Å². The summed E-state index contributed by atoms with van der Waals surface area (Å²) in [5.41, 5.74) is 0. The van der Waals surface area contributed by atoms with Gasteiger partial charge in [-0.25, -0.2) is 13.2 Å². The summed E-state index contributed by atoms with van der Waals surface area (Å²) in [4.78, 5) is 23.8. The molecule has 0 bridgehead atoms. The predicted molar refractivity (Wildman–Crippen MR) is 96.4 cm³/mol. The second-order valence-corrected chi connectivity index (χ2v) is 8.89. The largest absolute Gasteiger partial charge is 0.480 e. The molecule has 1 rings (SSSR count). The molecule has 0 saturated carbocycles. The number of aliphatic carboxylic acids is 1. The quantitative estimate of drug-likeness (QED) is 0.425. The molecule has 2 atom stereocenters. The van der Waals surface area contributed by atoms with Crippen LogP contribution in [-0.4, -0.2) is 72.4 Å². The van der Waals surface area contributed by atoms with Crippen molar-refractivity contribution in [3.8, 4) is 0 Å². The van der Waals surface area contributed by atoms with Crippen LogP contribution in [0.3, 0.4) is 0 Å². The average Bonchev–Trinajstić information content (AvgIpc) is 2.77. The maximum atomic E-state index is 12.2. The number of carboxylic acid groups (broad SMARTS) is 1. The normalized spacial score (nSPS) is 20.5. The van der Waals surface area contributed by atoms with Crippen LogP contribution in [0.1, 0.15) is 58.3 Å². The van der Waals surface area contributed by atoms with Crippen molar-refractivity contribution in [1.82, 2.24) is 4.90 Å². The fraction of sp³-hybridized carbons (Fsp3) is 0.882. The van der Waals surface area contributed by atoms with E-state index in [2.05, 4.69) is 6.92 Å². The van der Waals surface area contributed by atoms with Crippen molar-refractivity contribution < 1.29 is 33.0 Å². The molecule has 26 heavy (non-hydrogen) atoms. The number of hydrogen-bond donors (Lipinski definition) is 2. The fourth-order valence-corrected chi connectivity index (χ4v) is 4.89. The van der Waals surface area contributed by atoms with Gasteiger partial charge in [-0.15, -0.1) is 0 Å². The number of carbonyl (C=O) groups excluding carboxylic acids is 1. The monoisotopic (exact) mass is 393 g/mol. The molecule has 1 heterocycles. The van der Waals surface area contributed by atoms with Gasteiger partial charge >= 0.3 is 5.97 Å². The predicted octanol–water partition coefficient (Wildman–Crippen LogP) is 1.17. The summed E-state index contributed by atoms with van der Waals surface area (Å²) in [5.74, 6) is -1.92. The van der Waals surface area contributed by atoms with Gasteiger partial charge in [-0.05, 0) is 32.1 Å². The molecule has 152 valence electrons. The number of amides is 1. The second-order valence-electron chi connectivity index (χ2n) is 6.73. The van der Waals surface area contributed by atoms with Crippen molar-refractivity contribution >= 4 is 21.7 Å². The third kappa shape index (κ3) is 8.01. The zero-order valence-electron chi connectivity index (χ0n) is 15.4. The average molecular weight is 394 g/mol. The van der Waals surface area contributed by atoms with Gasteiger partial charge in [0.1, 0.15) is 17.7 Å². The molecule has 1 aliphatic rings. The first kappa shape index (κ1) is 22.9. The van der Waals surface area contributed by atoms with Gasteiger partial charge in [-0.1, -0.05) is 26.2 Å². The molecule has 2 unspecified atom stereocenters. The molecule has 0 spiro atoms. The first-order valence-corrected chi connectivity index (χ1v) is 11.0. The number of nitrogens with zero attached hydrogens (tertiary/aromatic N) is 1. The number of hydrogen-bond acceptors (Lipinski definition) is 6. The number of aliphatic hydroxyl groups is 1. The minimum absolute atomic E-state index is 0.239. The Morgan fingerprint density at radius 1 is 1.27 bits per heavy atom. The molecule has 0 aromatic carbocycles. The summed E-state index contributed by atoms with van der Waals surface area (Å²) in [6, 6.07) is 0. The summed E-state index contributed by atoms with van der Waals surface area (Å²) < 4.78 is 29.3. The van der Waals surface area contributed by atoms with Gasteiger partial charge in [-0.3, -0.25) is 4.79 Å². The van der Waals surface area contributed by atoms with Gasteiger partial charge in [0.15, 0.2) is 9.84 Å². The maximum absolute atomic E-state index is 12.2. The van der Waals surface area contributed by atoms with E-state index < -0.39 is 38.9 Å². The van der Waals surface area contributed by atoms with E-state index in [4.69, 9.17) is 9.84 Å². The van der Waals surface area contributed by atoms with Crippen LogP contribution in [-0.2, 0) is 24.2 Å². The highest BCUT2D eigenvalue weighted by Gasteiger charge is 2.43. The van der Waals surface area contributed by atoms with Crippen molar-refractivity contribution in [3.63, 3.8) is 0 Å². The Labute approximate surface area is 155 Å². The smallest absolute Gasteiger partial charge is 0.329 e. The van der Waals surface area contributed by atoms with E-state index in [1.165, 1.54) is 4.90 Å². The van der Waals surface area contributed by atoms with Crippen molar-refractivity contribution in [2.45, 2.75) is 69.8 Å². The van der Waals surface area contributed by atoms with Gasteiger partial charge in [0.05, 0.1) is 6.10 Å². The molecular formula is C17H31NO7S. The molecular weight excluding hydrogens is 362 g/mol. The lowest BCUT2D eigenvalue weighted by atomic mass is 10.1. The maximum Gasteiger partial charge on any atom is 0.329 e. The zero-order valence-corrected chi connectivity index (χ0v) is 16.2. The Bertz CT molecular complexity index is 549. The summed E-state index contributed by atoms with van der Waals surface area (Å²) in [5, 5.41) is 17.6. The first-order chi connectivity index (χ1) is 12.3. The van der Waals surface area contributed by atoms with Gasteiger partial charge in [0.2, 0.25) is 5.91 Å². The fourth-order valence-electron chi connectivity index (χ4n) is 3.05. The molecule has 1 saturated heterocycles. The summed E-state index contributed by atoms with van der Waals surface area (Å²) in [7, 11) is -3.50. The van der Waals surface area contributed by atoms with E-state index in [1.54, 1.807) is 0 Å². The van der Waals surface area contributed by atoms with E-state index >= 15 is 0 Å². The Morgan fingerprint density at radius 3 is 2.65 bits per heavy atom. The first-order valence-electron chi connectivity index (χ1n) is 9.26. The number of ether oxygens (including phenoxy) is 1. The van der Waals surface area contributed by atoms with Crippen LogP contribution < -0.4 is 0 Å². The Kier molecular flexibility index (Phi) is 10.1. The third-order valence-corrected chi connectivity index (χ3v) is 6.44. The van der Waals surface area contributed by atoms with Crippen LogP contribution >= 0.6 is 0 Å². The van der Waals surface area contributed by atoms with Crippen LogP contribution in [0.15, 0.2) is 0 Å². The van der Waals surface area contributed by atoms with E-state index in [1.807, 2.05) is 0 Å². The van der Waals surface area contributed by atoms with Gasteiger partial charge in [-0.2, -0.15) is 0 Å². The van der Waals surface area contributed by atoms with Crippen LogP contribution in [0, 0.1) is 0 Å². The SMILES string of the molecule is CCCCCC(O)CCN1C(=O)CS(=O)(=O)C1CCCCOCC(=O)O. The zero-order chi connectivity index (χ0) is 19.6. The highest BCUT2D eigenvalue weighted by Crippen LogP contribution is 2.24. The number of unbranched alkanes of at least 4 members (excludes halogenated alkanes) is 3. The molecule has 0 aliphatic carbocycles. The van der Waals surface area contributed by atoms with E-state index in [0.29, 0.717) is 32.1 Å². The number of carbonyl (C=O) groups is 2. The highest BCUT2D eigenvalue weighted by atomic mass is 32.2. The molecule has 1 aliphatic heterocycles. The van der Waals surface area contributed by atoms with Crippen LogP contribution in [0.25, 0.3) is 0 Å². The summed E-state index contributed by atoms with van der Waals surface area (Å²) >= 11 is 0. The number of carboxylic acids is 1. The van der Waals surface area contributed by atoms with E-state index in [0.717, 1.165) is 19.3 Å². The Morgan fingerprint density at radius 2 is 2.00 bits per heavy atom. The van der Waals surface area contributed by atoms with Crippen molar-refractivity contribution in [3.05, 3.63) is 0 Å². The van der Waals surface area contributed by atoms with Gasteiger partial charge in [0, 0.05) is 13.2 Å².